The van der Waals surface area contributed by atoms with Gasteiger partial charge in [-0.1, -0.05) is 6.08 Å². The molecule has 1 N–H and O–H groups in total. The highest BCUT2D eigenvalue weighted by molar-refractivity contribution is 5.79. The molecule has 0 aromatic rings. The molecular weight excluding hydrogens is 170 g/mol. The van der Waals surface area contributed by atoms with Gasteiger partial charge in [0.15, 0.2) is 0 Å². The number of amides is 1. The molecule has 1 fully saturated rings. The van der Waals surface area contributed by atoms with E-state index in [1.54, 1.807) is 4.90 Å². The topological polar surface area (TPSA) is 57.6 Å². The summed E-state index contributed by atoms with van der Waals surface area (Å²) < 4.78 is 0. The van der Waals surface area contributed by atoms with Crippen LogP contribution >= 0.6 is 0 Å². The van der Waals surface area contributed by atoms with Gasteiger partial charge in [0, 0.05) is 13.0 Å². The van der Waals surface area contributed by atoms with Crippen LogP contribution in [0.2, 0.25) is 0 Å². The summed E-state index contributed by atoms with van der Waals surface area (Å²) in [5.74, 6) is -0.865. The van der Waals surface area contributed by atoms with Crippen LogP contribution in [0.5, 0.6) is 0 Å². The van der Waals surface area contributed by atoms with Gasteiger partial charge >= 0.3 is 5.97 Å². The Kier molecular flexibility index (Phi) is 3.06. The summed E-state index contributed by atoms with van der Waals surface area (Å²) in [6.45, 7) is 4.19. The van der Waals surface area contributed by atoms with Crippen molar-refractivity contribution in [2.24, 2.45) is 0 Å². The van der Waals surface area contributed by atoms with E-state index in [9.17, 15) is 9.59 Å². The predicted octanol–water partition coefficient (Wildman–Crippen LogP) is 0.638. The first kappa shape index (κ1) is 9.77. The molecule has 1 saturated heterocycles. The minimum absolute atomic E-state index is 0.0335. The SMILES string of the molecule is C=CC(CC(=O)O)N1CCCC1=O. The van der Waals surface area contributed by atoms with Crippen LogP contribution in [0.3, 0.4) is 0 Å². The van der Waals surface area contributed by atoms with Crippen molar-refractivity contribution in [1.29, 1.82) is 0 Å². The molecule has 0 aromatic carbocycles. The summed E-state index contributed by atoms with van der Waals surface area (Å²) in [6, 6.07) is -0.340. The van der Waals surface area contributed by atoms with Gasteiger partial charge in [-0.25, -0.2) is 0 Å². The zero-order valence-corrected chi connectivity index (χ0v) is 7.40. The second-order valence-corrected chi connectivity index (χ2v) is 3.09. The highest BCUT2D eigenvalue weighted by Gasteiger charge is 2.27. The second-order valence-electron chi connectivity index (χ2n) is 3.09. The molecule has 4 nitrogen and oxygen atoms in total. The number of nitrogens with zero attached hydrogens (tertiary/aromatic N) is 1. The van der Waals surface area contributed by atoms with Gasteiger partial charge in [0.05, 0.1) is 12.5 Å². The van der Waals surface area contributed by atoms with Gasteiger partial charge in [-0.3, -0.25) is 9.59 Å². The third-order valence-corrected chi connectivity index (χ3v) is 2.17. The number of carboxylic acids is 1. The van der Waals surface area contributed by atoms with E-state index in [1.807, 2.05) is 0 Å². The minimum atomic E-state index is -0.899. The van der Waals surface area contributed by atoms with Gasteiger partial charge in [-0.2, -0.15) is 0 Å². The average Bonchev–Trinajstić information content (AvgIpc) is 2.47. The molecule has 1 aliphatic heterocycles. The molecule has 72 valence electrons. The van der Waals surface area contributed by atoms with Crippen LogP contribution in [0, 0.1) is 0 Å². The standard InChI is InChI=1S/C9H13NO3/c1-2-7(6-9(12)13)10-5-3-4-8(10)11/h2,7H,1,3-6H2,(H,12,13). The Labute approximate surface area is 76.8 Å². The molecule has 1 rings (SSSR count). The van der Waals surface area contributed by atoms with Crippen molar-refractivity contribution in [2.45, 2.75) is 25.3 Å². The molecule has 0 saturated carbocycles. The highest BCUT2D eigenvalue weighted by Crippen LogP contribution is 2.16. The quantitative estimate of drug-likeness (QED) is 0.650. The fraction of sp³-hybridized carbons (Fsp3) is 0.556. The first-order valence-corrected chi connectivity index (χ1v) is 4.29. The molecule has 1 unspecified atom stereocenters. The Morgan fingerprint density at radius 2 is 2.46 bits per heavy atom. The van der Waals surface area contributed by atoms with Gasteiger partial charge in [-0.15, -0.1) is 6.58 Å². The first-order chi connectivity index (χ1) is 6.15. The average molecular weight is 183 g/mol. The monoisotopic (exact) mass is 183 g/mol. The molecule has 1 aliphatic rings. The Balaban J connectivity index is 2.59. The fourth-order valence-corrected chi connectivity index (χ4v) is 1.52. The van der Waals surface area contributed by atoms with E-state index in [1.165, 1.54) is 6.08 Å². The molecule has 13 heavy (non-hydrogen) atoms. The summed E-state index contributed by atoms with van der Waals surface area (Å²) in [6.07, 6.45) is 2.83. The maximum Gasteiger partial charge on any atom is 0.305 e. The van der Waals surface area contributed by atoms with Crippen molar-refractivity contribution in [3.05, 3.63) is 12.7 Å². The van der Waals surface area contributed by atoms with Crippen molar-refractivity contribution in [2.75, 3.05) is 6.54 Å². The van der Waals surface area contributed by atoms with Crippen molar-refractivity contribution >= 4 is 11.9 Å². The third-order valence-electron chi connectivity index (χ3n) is 2.17. The van der Waals surface area contributed by atoms with E-state index in [-0.39, 0.29) is 18.4 Å². The number of rotatable bonds is 4. The summed E-state index contributed by atoms with van der Waals surface area (Å²) in [5, 5.41) is 8.58. The van der Waals surface area contributed by atoms with Gasteiger partial charge in [0.25, 0.3) is 0 Å². The lowest BCUT2D eigenvalue weighted by atomic mass is 10.2. The van der Waals surface area contributed by atoms with E-state index in [4.69, 9.17) is 5.11 Å². The summed E-state index contributed by atoms with van der Waals surface area (Å²) in [7, 11) is 0. The minimum Gasteiger partial charge on any atom is -0.481 e. The van der Waals surface area contributed by atoms with E-state index >= 15 is 0 Å². The Morgan fingerprint density at radius 3 is 2.85 bits per heavy atom. The predicted molar refractivity (Wildman–Crippen MR) is 47.2 cm³/mol. The molecule has 1 amide bonds. The van der Waals surface area contributed by atoms with Crippen LogP contribution in [0.4, 0.5) is 0 Å². The van der Waals surface area contributed by atoms with Crippen LogP contribution in [0.25, 0.3) is 0 Å². The van der Waals surface area contributed by atoms with Crippen LogP contribution in [-0.2, 0) is 9.59 Å². The summed E-state index contributed by atoms with van der Waals surface area (Å²) in [5.41, 5.74) is 0. The lowest BCUT2D eigenvalue weighted by molar-refractivity contribution is -0.139. The van der Waals surface area contributed by atoms with Crippen molar-refractivity contribution in [1.82, 2.24) is 4.90 Å². The van der Waals surface area contributed by atoms with Crippen molar-refractivity contribution < 1.29 is 14.7 Å². The largest absolute Gasteiger partial charge is 0.481 e. The molecular formula is C9H13NO3. The molecule has 1 heterocycles. The molecule has 4 heteroatoms. The zero-order chi connectivity index (χ0) is 9.84. The first-order valence-electron chi connectivity index (χ1n) is 4.29. The van der Waals surface area contributed by atoms with Gasteiger partial charge in [-0.05, 0) is 6.42 Å². The van der Waals surface area contributed by atoms with Gasteiger partial charge in [0.1, 0.15) is 0 Å². The normalized spacial score (nSPS) is 18.8. The lowest BCUT2D eigenvalue weighted by Crippen LogP contribution is -2.36. The van der Waals surface area contributed by atoms with E-state index in [2.05, 4.69) is 6.58 Å². The van der Waals surface area contributed by atoms with Crippen LogP contribution in [0.1, 0.15) is 19.3 Å². The maximum atomic E-state index is 11.2. The Bertz CT molecular complexity index is 237. The van der Waals surface area contributed by atoms with Crippen LogP contribution in [0.15, 0.2) is 12.7 Å². The third kappa shape index (κ3) is 2.31. The number of likely N-dealkylation sites (tertiary alicyclic amines) is 1. The van der Waals surface area contributed by atoms with Gasteiger partial charge < -0.3 is 10.0 Å². The van der Waals surface area contributed by atoms with Crippen molar-refractivity contribution in [3.63, 3.8) is 0 Å². The number of carbonyl (C=O) groups is 2. The van der Waals surface area contributed by atoms with Crippen LogP contribution < -0.4 is 0 Å². The Hall–Kier alpha value is -1.32. The lowest BCUT2D eigenvalue weighted by Gasteiger charge is -2.23. The molecule has 0 aliphatic carbocycles. The number of hydrogen-bond acceptors (Lipinski definition) is 2. The maximum absolute atomic E-state index is 11.2. The molecule has 0 radical (unpaired) electrons. The smallest absolute Gasteiger partial charge is 0.305 e. The molecule has 0 aromatic heterocycles. The molecule has 1 atom stereocenters. The molecule has 0 spiro atoms. The number of carbonyl (C=O) groups excluding carboxylic acids is 1. The zero-order valence-electron chi connectivity index (χ0n) is 7.40. The number of carboxylic acid groups (broad SMARTS) is 1. The summed E-state index contributed by atoms with van der Waals surface area (Å²) >= 11 is 0. The number of aliphatic carboxylic acids is 1. The highest BCUT2D eigenvalue weighted by atomic mass is 16.4. The van der Waals surface area contributed by atoms with E-state index in [0.717, 1.165) is 6.42 Å². The van der Waals surface area contributed by atoms with E-state index < -0.39 is 5.97 Å². The number of hydrogen-bond donors (Lipinski definition) is 1. The van der Waals surface area contributed by atoms with E-state index in [0.29, 0.717) is 13.0 Å². The molecule has 0 bridgehead atoms. The van der Waals surface area contributed by atoms with Gasteiger partial charge in [0.2, 0.25) is 5.91 Å². The fourth-order valence-electron chi connectivity index (χ4n) is 1.52. The summed E-state index contributed by atoms with van der Waals surface area (Å²) in [4.78, 5) is 23.3. The second kappa shape index (κ2) is 4.07. The van der Waals surface area contributed by atoms with Crippen LogP contribution in [-0.4, -0.2) is 34.5 Å². The van der Waals surface area contributed by atoms with Crippen molar-refractivity contribution in [3.8, 4) is 0 Å². The Morgan fingerprint density at radius 1 is 1.77 bits per heavy atom.